The lowest BCUT2D eigenvalue weighted by Gasteiger charge is -2.45. The molecule has 1 heterocycles. The van der Waals surface area contributed by atoms with Crippen LogP contribution in [-0.4, -0.2) is 44.1 Å². The van der Waals surface area contributed by atoms with Crippen molar-refractivity contribution in [1.82, 2.24) is 5.32 Å². The highest BCUT2D eigenvalue weighted by Crippen LogP contribution is 2.48. The second-order valence-electron chi connectivity index (χ2n) is 10.8. The van der Waals surface area contributed by atoms with E-state index < -0.39 is 17.8 Å². The molecule has 36 heavy (non-hydrogen) atoms. The number of carbonyl (C=O) groups excluding carboxylic acids is 3. The van der Waals surface area contributed by atoms with Crippen molar-refractivity contribution in [3.8, 4) is 16.2 Å². The van der Waals surface area contributed by atoms with E-state index in [9.17, 15) is 14.4 Å². The summed E-state index contributed by atoms with van der Waals surface area (Å²) >= 11 is 4.77. The van der Waals surface area contributed by atoms with E-state index in [1.54, 1.807) is 0 Å². The molecule has 8 nitrogen and oxygen atoms in total. The maximum atomic E-state index is 12.5. The van der Waals surface area contributed by atoms with Gasteiger partial charge in [-0.3, -0.25) is 9.59 Å². The molecule has 1 aromatic heterocycles. The number of esters is 1. The molecule has 0 aliphatic heterocycles. The second-order valence-corrected chi connectivity index (χ2v) is 12.6. The van der Waals surface area contributed by atoms with Gasteiger partial charge in [-0.25, -0.2) is 4.79 Å². The van der Waals surface area contributed by atoms with Gasteiger partial charge in [-0.1, -0.05) is 39.8 Å². The number of amides is 2. The van der Waals surface area contributed by atoms with Crippen molar-refractivity contribution in [2.24, 2.45) is 16.6 Å². The minimum Gasteiger partial charge on any atom is -0.481 e. The number of thiophene rings is 1. The molecule has 0 saturated heterocycles. The Morgan fingerprint density at radius 1 is 1.17 bits per heavy atom. The van der Waals surface area contributed by atoms with Gasteiger partial charge in [-0.15, -0.1) is 11.3 Å². The molecule has 0 atom stereocenters. The van der Waals surface area contributed by atoms with Crippen LogP contribution in [0.5, 0.6) is 5.75 Å². The number of benzene rings is 1. The van der Waals surface area contributed by atoms with Crippen LogP contribution in [0.15, 0.2) is 28.7 Å². The molecule has 2 amide bonds. The normalized spacial score (nSPS) is 16.7. The first kappa shape index (κ1) is 28.0. The minimum atomic E-state index is -0.661. The predicted octanol–water partition coefficient (Wildman–Crippen LogP) is 4.96. The Labute approximate surface area is 224 Å². The maximum Gasteiger partial charge on any atom is 0.351 e. The summed E-state index contributed by atoms with van der Waals surface area (Å²) in [4.78, 5) is 36.4. The topological polar surface area (TPSA) is 120 Å². The Kier molecular flexibility index (Phi) is 8.71. The molecule has 4 N–H and O–H groups in total. The molecule has 196 valence electrons. The number of nitrogens with two attached hydrogens (primary N) is 1. The number of primary amides is 1. The van der Waals surface area contributed by atoms with Crippen LogP contribution < -0.4 is 21.1 Å². The number of nitrogens with one attached hydrogen (secondary N) is 2. The van der Waals surface area contributed by atoms with Gasteiger partial charge < -0.3 is 25.8 Å². The van der Waals surface area contributed by atoms with Crippen LogP contribution in [0.25, 0.3) is 10.4 Å². The number of hydrogen-bond donors (Lipinski definition) is 3. The smallest absolute Gasteiger partial charge is 0.351 e. The molecular weight excluding hydrogens is 546 g/mol. The summed E-state index contributed by atoms with van der Waals surface area (Å²) < 4.78 is 11.1. The minimum absolute atomic E-state index is 0.213. The molecule has 1 aliphatic carbocycles. The number of halogens is 1. The summed E-state index contributed by atoms with van der Waals surface area (Å²) in [7, 11) is 1.29. The largest absolute Gasteiger partial charge is 0.481 e. The Balaban J connectivity index is 1.84. The van der Waals surface area contributed by atoms with Crippen LogP contribution >= 0.6 is 27.3 Å². The Bertz CT molecular complexity index is 1130. The lowest BCUT2D eigenvalue weighted by atomic mass is 9.63. The van der Waals surface area contributed by atoms with Crippen LogP contribution in [-0.2, 0) is 14.3 Å². The van der Waals surface area contributed by atoms with Crippen molar-refractivity contribution in [1.29, 1.82) is 0 Å². The summed E-state index contributed by atoms with van der Waals surface area (Å²) in [5, 5.41) is 6.07. The van der Waals surface area contributed by atoms with E-state index in [4.69, 9.17) is 15.2 Å². The Morgan fingerprint density at radius 2 is 1.83 bits per heavy atom. The average molecular weight is 581 g/mol. The number of hydrogen-bond acceptors (Lipinski definition) is 7. The van der Waals surface area contributed by atoms with E-state index in [1.165, 1.54) is 24.9 Å². The lowest BCUT2D eigenvalue weighted by molar-refractivity contribution is -0.126. The van der Waals surface area contributed by atoms with Gasteiger partial charge in [0.1, 0.15) is 0 Å². The van der Waals surface area contributed by atoms with Gasteiger partial charge in [0, 0.05) is 11.7 Å². The SMILES string of the molecule is COC(=O)c1sc(-c2cccc(NC3CC(C)(C)CC(C)(C)C3)c2)c(Br)c1OCC(=O)NCC(N)=O. The summed E-state index contributed by atoms with van der Waals surface area (Å²) in [6.45, 7) is 8.62. The summed E-state index contributed by atoms with van der Waals surface area (Å²) in [6.07, 6.45) is 3.37. The monoisotopic (exact) mass is 579 g/mol. The molecule has 0 radical (unpaired) electrons. The van der Waals surface area contributed by atoms with Crippen molar-refractivity contribution < 1.29 is 23.9 Å². The number of methoxy groups -OCH3 is 1. The van der Waals surface area contributed by atoms with Crippen molar-refractivity contribution >= 4 is 50.7 Å². The molecule has 1 saturated carbocycles. The van der Waals surface area contributed by atoms with Gasteiger partial charge in [0.25, 0.3) is 5.91 Å². The van der Waals surface area contributed by atoms with Crippen LogP contribution in [0, 0.1) is 10.8 Å². The fourth-order valence-corrected chi connectivity index (χ4v) is 7.21. The fourth-order valence-electron chi connectivity index (χ4n) is 5.25. The third-order valence-corrected chi connectivity index (χ3v) is 8.26. The molecule has 10 heteroatoms. The number of carbonyl (C=O) groups is 3. The van der Waals surface area contributed by atoms with Crippen molar-refractivity contribution in [2.75, 3.05) is 25.6 Å². The van der Waals surface area contributed by atoms with Gasteiger partial charge in [-0.2, -0.15) is 0 Å². The van der Waals surface area contributed by atoms with Crippen LogP contribution in [0.2, 0.25) is 0 Å². The van der Waals surface area contributed by atoms with Gasteiger partial charge >= 0.3 is 5.97 Å². The second kappa shape index (κ2) is 11.2. The fraction of sp³-hybridized carbons (Fsp3) is 0.500. The lowest BCUT2D eigenvalue weighted by Crippen LogP contribution is -2.40. The molecule has 0 bridgehead atoms. The van der Waals surface area contributed by atoms with Gasteiger partial charge in [-0.05, 0) is 63.7 Å². The molecule has 0 spiro atoms. The number of rotatable bonds is 9. The number of anilines is 1. The number of ether oxygens (including phenoxy) is 2. The highest BCUT2D eigenvalue weighted by molar-refractivity contribution is 9.10. The van der Waals surface area contributed by atoms with E-state index >= 15 is 0 Å². The Morgan fingerprint density at radius 3 is 2.44 bits per heavy atom. The van der Waals surface area contributed by atoms with Crippen LogP contribution in [0.1, 0.15) is 56.6 Å². The predicted molar refractivity (Wildman–Crippen MR) is 145 cm³/mol. The zero-order chi connectivity index (χ0) is 26.7. The maximum absolute atomic E-state index is 12.5. The van der Waals surface area contributed by atoms with Crippen molar-refractivity contribution in [3.05, 3.63) is 33.6 Å². The Hall–Kier alpha value is -2.59. The van der Waals surface area contributed by atoms with E-state index in [1.807, 2.05) is 18.2 Å². The summed E-state index contributed by atoms with van der Waals surface area (Å²) in [5.74, 6) is -1.55. The first-order chi connectivity index (χ1) is 16.8. The molecule has 1 fully saturated rings. The standard InChI is InChI=1S/C26H34BrN3O5S/c1-25(2)10-17(11-26(3,4)14-25)30-16-8-6-7-15(9-16)22-20(27)21(23(36-22)24(33)34-5)35-13-19(32)29-12-18(28)31/h6-9,17,30H,10-14H2,1-5H3,(H2,28,31)(H,29,32). The average Bonchev–Trinajstić information content (AvgIpc) is 3.09. The third-order valence-electron chi connectivity index (χ3n) is 6.04. The summed E-state index contributed by atoms with van der Waals surface area (Å²) in [5.41, 5.74) is 7.47. The van der Waals surface area contributed by atoms with E-state index in [0.717, 1.165) is 29.0 Å². The molecular formula is C26H34BrN3O5S. The van der Waals surface area contributed by atoms with E-state index in [-0.39, 0.29) is 34.6 Å². The van der Waals surface area contributed by atoms with Crippen molar-refractivity contribution in [3.63, 3.8) is 0 Å². The zero-order valence-corrected chi connectivity index (χ0v) is 23.7. The molecule has 1 aromatic carbocycles. The van der Waals surface area contributed by atoms with Crippen molar-refractivity contribution in [2.45, 2.75) is 53.0 Å². The van der Waals surface area contributed by atoms with E-state index in [0.29, 0.717) is 10.5 Å². The molecule has 1 aliphatic rings. The van der Waals surface area contributed by atoms with Crippen LogP contribution in [0.3, 0.4) is 0 Å². The first-order valence-electron chi connectivity index (χ1n) is 11.8. The van der Waals surface area contributed by atoms with Gasteiger partial charge in [0.05, 0.1) is 23.0 Å². The van der Waals surface area contributed by atoms with Gasteiger partial charge in [0.2, 0.25) is 5.91 Å². The zero-order valence-electron chi connectivity index (χ0n) is 21.3. The van der Waals surface area contributed by atoms with E-state index in [2.05, 4.69) is 60.3 Å². The highest BCUT2D eigenvalue weighted by Gasteiger charge is 2.38. The first-order valence-corrected chi connectivity index (χ1v) is 13.4. The molecule has 3 rings (SSSR count). The highest BCUT2D eigenvalue weighted by atomic mass is 79.9. The molecule has 2 aromatic rings. The third kappa shape index (κ3) is 7.22. The van der Waals surface area contributed by atoms with Gasteiger partial charge in [0.15, 0.2) is 17.2 Å². The molecule has 0 unspecified atom stereocenters. The quantitative estimate of drug-likeness (QED) is 0.361. The van der Waals surface area contributed by atoms with Crippen LogP contribution in [0.4, 0.5) is 5.69 Å². The summed E-state index contributed by atoms with van der Waals surface area (Å²) in [6, 6.07) is 8.38.